The molecular formula is C13H23F3N2O. The van der Waals surface area contributed by atoms with Crippen LogP contribution in [0.5, 0.6) is 0 Å². The molecule has 1 saturated heterocycles. The van der Waals surface area contributed by atoms with E-state index in [4.69, 9.17) is 0 Å². The summed E-state index contributed by atoms with van der Waals surface area (Å²) >= 11 is 0. The topological polar surface area (TPSA) is 32.3 Å². The van der Waals surface area contributed by atoms with E-state index in [2.05, 4.69) is 5.32 Å². The molecule has 112 valence electrons. The number of rotatable bonds is 5. The number of nitrogens with one attached hydrogen (secondary N) is 1. The normalized spacial score (nSPS) is 26.3. The van der Waals surface area contributed by atoms with Gasteiger partial charge in [-0.2, -0.15) is 13.2 Å². The van der Waals surface area contributed by atoms with Crippen molar-refractivity contribution in [1.29, 1.82) is 0 Å². The minimum atomic E-state index is -4.25. The summed E-state index contributed by atoms with van der Waals surface area (Å²) in [6.07, 6.45) is -4.01. The molecule has 0 aromatic carbocycles. The van der Waals surface area contributed by atoms with Crippen molar-refractivity contribution < 1.29 is 18.0 Å². The van der Waals surface area contributed by atoms with Crippen molar-refractivity contribution in [3.63, 3.8) is 0 Å². The van der Waals surface area contributed by atoms with E-state index < -0.39 is 18.6 Å². The minimum absolute atomic E-state index is 0.0847. The number of halogens is 3. The van der Waals surface area contributed by atoms with Gasteiger partial charge in [0.15, 0.2) is 0 Å². The zero-order valence-corrected chi connectivity index (χ0v) is 11.9. The average molecular weight is 280 g/mol. The summed E-state index contributed by atoms with van der Waals surface area (Å²) in [7, 11) is 0. The Morgan fingerprint density at radius 3 is 2.32 bits per heavy atom. The molecule has 0 radical (unpaired) electrons. The third-order valence-electron chi connectivity index (χ3n) is 3.43. The van der Waals surface area contributed by atoms with Gasteiger partial charge in [0.25, 0.3) is 0 Å². The van der Waals surface area contributed by atoms with Crippen molar-refractivity contribution in [2.24, 2.45) is 5.92 Å². The molecule has 1 rings (SSSR count). The first-order valence-electron chi connectivity index (χ1n) is 6.82. The van der Waals surface area contributed by atoms with Crippen LogP contribution in [0.3, 0.4) is 0 Å². The van der Waals surface area contributed by atoms with Crippen molar-refractivity contribution in [1.82, 2.24) is 10.2 Å². The van der Waals surface area contributed by atoms with Crippen LogP contribution >= 0.6 is 0 Å². The number of nitrogens with zero attached hydrogens (tertiary/aromatic N) is 1. The molecule has 3 nitrogen and oxygen atoms in total. The van der Waals surface area contributed by atoms with Crippen molar-refractivity contribution in [2.75, 3.05) is 0 Å². The Labute approximate surface area is 112 Å². The number of carbonyl (C=O) groups excluding carboxylic acids is 1. The van der Waals surface area contributed by atoms with Crippen LogP contribution in [0.2, 0.25) is 0 Å². The van der Waals surface area contributed by atoms with Gasteiger partial charge in [-0.05, 0) is 19.3 Å². The van der Waals surface area contributed by atoms with Gasteiger partial charge >= 0.3 is 6.18 Å². The zero-order valence-electron chi connectivity index (χ0n) is 11.9. The van der Waals surface area contributed by atoms with Crippen molar-refractivity contribution in [3.05, 3.63) is 0 Å². The van der Waals surface area contributed by atoms with Gasteiger partial charge in [0.2, 0.25) is 5.91 Å². The van der Waals surface area contributed by atoms with Crippen LogP contribution in [0.4, 0.5) is 13.2 Å². The Kier molecular flexibility index (Phi) is 5.24. The summed E-state index contributed by atoms with van der Waals surface area (Å²) in [4.78, 5) is 13.6. The molecule has 19 heavy (non-hydrogen) atoms. The lowest BCUT2D eigenvalue weighted by molar-refractivity contribution is -0.154. The van der Waals surface area contributed by atoms with Crippen LogP contribution in [0.25, 0.3) is 0 Å². The van der Waals surface area contributed by atoms with Crippen LogP contribution in [0.15, 0.2) is 0 Å². The molecule has 0 aliphatic carbocycles. The molecule has 1 heterocycles. The molecule has 0 aromatic heterocycles. The third-order valence-corrected chi connectivity index (χ3v) is 3.43. The monoisotopic (exact) mass is 280 g/mol. The molecule has 3 atom stereocenters. The standard InChI is InChI=1S/C13H23F3N2O/c1-5-6-10-12(19)18(11(17-10)8(2)3)9(4)7-13(14,15)16/h8-11,17H,5-7H2,1-4H3. The molecule has 6 heteroatoms. The number of hydrogen-bond acceptors (Lipinski definition) is 2. The Morgan fingerprint density at radius 1 is 1.32 bits per heavy atom. The SMILES string of the molecule is CCCC1NC(C(C)C)N(C(C)CC(F)(F)F)C1=O. The minimum Gasteiger partial charge on any atom is -0.322 e. The maximum atomic E-state index is 12.5. The van der Waals surface area contributed by atoms with E-state index in [-0.39, 0.29) is 24.0 Å². The van der Waals surface area contributed by atoms with Crippen molar-refractivity contribution in [3.8, 4) is 0 Å². The van der Waals surface area contributed by atoms with Gasteiger partial charge in [-0.1, -0.05) is 27.2 Å². The van der Waals surface area contributed by atoms with Crippen LogP contribution < -0.4 is 5.32 Å². The fourth-order valence-electron chi connectivity index (χ4n) is 2.61. The van der Waals surface area contributed by atoms with Crippen molar-refractivity contribution >= 4 is 5.91 Å². The maximum Gasteiger partial charge on any atom is 0.391 e. The van der Waals surface area contributed by atoms with E-state index in [0.29, 0.717) is 6.42 Å². The van der Waals surface area contributed by atoms with Crippen LogP contribution in [0.1, 0.15) is 47.0 Å². The lowest BCUT2D eigenvalue weighted by Crippen LogP contribution is -2.47. The van der Waals surface area contributed by atoms with Crippen LogP contribution in [0, 0.1) is 5.92 Å². The highest BCUT2D eigenvalue weighted by Gasteiger charge is 2.44. The molecular weight excluding hydrogens is 257 g/mol. The molecule has 3 unspecified atom stereocenters. The smallest absolute Gasteiger partial charge is 0.322 e. The molecule has 1 N–H and O–H groups in total. The molecule has 0 saturated carbocycles. The van der Waals surface area contributed by atoms with Crippen LogP contribution in [-0.2, 0) is 4.79 Å². The van der Waals surface area contributed by atoms with Gasteiger partial charge in [0.1, 0.15) is 0 Å². The van der Waals surface area contributed by atoms with E-state index in [1.54, 1.807) is 0 Å². The first-order chi connectivity index (χ1) is 8.67. The van der Waals surface area contributed by atoms with E-state index in [0.717, 1.165) is 6.42 Å². The predicted molar refractivity (Wildman–Crippen MR) is 67.4 cm³/mol. The Hall–Kier alpha value is -0.780. The molecule has 0 spiro atoms. The molecule has 1 aliphatic heterocycles. The highest BCUT2D eigenvalue weighted by Crippen LogP contribution is 2.29. The fourth-order valence-corrected chi connectivity index (χ4v) is 2.61. The Bertz CT molecular complexity index is 318. The van der Waals surface area contributed by atoms with Gasteiger partial charge in [0.05, 0.1) is 18.6 Å². The second-order valence-corrected chi connectivity index (χ2v) is 5.61. The van der Waals surface area contributed by atoms with Gasteiger partial charge in [-0.15, -0.1) is 0 Å². The number of alkyl halides is 3. The first-order valence-corrected chi connectivity index (χ1v) is 6.82. The summed E-state index contributed by atoms with van der Waals surface area (Å²) in [5.41, 5.74) is 0. The first kappa shape index (κ1) is 16.3. The second-order valence-electron chi connectivity index (χ2n) is 5.61. The summed E-state index contributed by atoms with van der Waals surface area (Å²) < 4.78 is 37.5. The number of amides is 1. The average Bonchev–Trinajstić information content (AvgIpc) is 2.54. The van der Waals surface area contributed by atoms with E-state index in [1.807, 2.05) is 20.8 Å². The molecule has 0 bridgehead atoms. The molecule has 1 amide bonds. The molecule has 1 fully saturated rings. The summed E-state index contributed by atoms with van der Waals surface area (Å²) in [5, 5.41) is 3.17. The Morgan fingerprint density at radius 2 is 1.89 bits per heavy atom. The highest BCUT2D eigenvalue weighted by molar-refractivity contribution is 5.84. The number of carbonyl (C=O) groups is 1. The predicted octanol–water partition coefficient (Wildman–Crippen LogP) is 2.91. The lowest BCUT2D eigenvalue weighted by atomic mass is 10.1. The summed E-state index contributed by atoms with van der Waals surface area (Å²) in [6, 6.07) is -1.16. The Balaban J connectivity index is 2.84. The lowest BCUT2D eigenvalue weighted by Gasteiger charge is -2.33. The van der Waals surface area contributed by atoms with E-state index >= 15 is 0 Å². The molecule has 0 aromatic rings. The van der Waals surface area contributed by atoms with Crippen LogP contribution in [-0.4, -0.2) is 35.2 Å². The zero-order chi connectivity index (χ0) is 14.8. The summed E-state index contributed by atoms with van der Waals surface area (Å²) in [5.74, 6) is -0.112. The fraction of sp³-hybridized carbons (Fsp3) is 0.923. The molecule has 1 aliphatic rings. The summed E-state index contributed by atoms with van der Waals surface area (Å²) in [6.45, 7) is 7.25. The maximum absolute atomic E-state index is 12.5. The van der Waals surface area contributed by atoms with Gasteiger partial charge in [-0.25, -0.2) is 0 Å². The largest absolute Gasteiger partial charge is 0.391 e. The second kappa shape index (κ2) is 6.11. The van der Waals surface area contributed by atoms with Gasteiger partial charge in [0, 0.05) is 6.04 Å². The van der Waals surface area contributed by atoms with Gasteiger partial charge < -0.3 is 4.90 Å². The highest BCUT2D eigenvalue weighted by atomic mass is 19.4. The van der Waals surface area contributed by atoms with E-state index in [9.17, 15) is 18.0 Å². The third kappa shape index (κ3) is 4.09. The number of hydrogen-bond donors (Lipinski definition) is 1. The van der Waals surface area contributed by atoms with Crippen molar-refractivity contribution in [2.45, 2.75) is 71.4 Å². The van der Waals surface area contributed by atoms with E-state index in [1.165, 1.54) is 11.8 Å². The van der Waals surface area contributed by atoms with Gasteiger partial charge in [-0.3, -0.25) is 10.1 Å². The quantitative estimate of drug-likeness (QED) is 0.840.